The lowest BCUT2D eigenvalue weighted by Gasteiger charge is -2.27. The summed E-state index contributed by atoms with van der Waals surface area (Å²) in [5.74, 6) is 0.899. The molecule has 0 aliphatic heterocycles. The highest BCUT2D eigenvalue weighted by molar-refractivity contribution is 5.28. The van der Waals surface area contributed by atoms with E-state index in [1.807, 2.05) is 12.1 Å². The number of ether oxygens (including phenoxy) is 2. The largest absolute Gasteiger partial charge is 0.497 e. The molecule has 0 bridgehead atoms. The second kappa shape index (κ2) is 8.91. The summed E-state index contributed by atoms with van der Waals surface area (Å²) < 4.78 is 10.5. The number of benzene rings is 1. The van der Waals surface area contributed by atoms with Crippen LogP contribution in [0.3, 0.4) is 0 Å². The molecule has 0 aliphatic carbocycles. The SMILES string of the molecule is COCC(CCCN)N(C)Cc1cccc(OC)c1. The van der Waals surface area contributed by atoms with Crippen LogP contribution in [0.5, 0.6) is 5.75 Å². The Hall–Kier alpha value is -1.10. The average molecular weight is 266 g/mol. The maximum absolute atomic E-state index is 5.59. The summed E-state index contributed by atoms with van der Waals surface area (Å²) in [5.41, 5.74) is 6.83. The molecule has 0 radical (unpaired) electrons. The molecule has 1 atom stereocenters. The van der Waals surface area contributed by atoms with Gasteiger partial charge in [0.25, 0.3) is 0 Å². The normalized spacial score (nSPS) is 12.7. The highest BCUT2D eigenvalue weighted by Gasteiger charge is 2.14. The molecule has 0 aliphatic rings. The zero-order chi connectivity index (χ0) is 14.1. The van der Waals surface area contributed by atoms with Gasteiger partial charge in [0.2, 0.25) is 0 Å². The summed E-state index contributed by atoms with van der Waals surface area (Å²) in [6.07, 6.45) is 2.08. The molecule has 19 heavy (non-hydrogen) atoms. The van der Waals surface area contributed by atoms with Gasteiger partial charge in [0, 0.05) is 19.7 Å². The number of hydrogen-bond donors (Lipinski definition) is 1. The summed E-state index contributed by atoms with van der Waals surface area (Å²) in [7, 11) is 5.56. The molecule has 2 N–H and O–H groups in total. The fraction of sp³-hybridized carbons (Fsp3) is 0.600. The number of nitrogens with zero attached hydrogens (tertiary/aromatic N) is 1. The molecule has 1 aromatic carbocycles. The second-order valence-electron chi connectivity index (χ2n) is 4.81. The van der Waals surface area contributed by atoms with E-state index in [1.54, 1.807) is 14.2 Å². The van der Waals surface area contributed by atoms with Gasteiger partial charge in [0.15, 0.2) is 0 Å². The van der Waals surface area contributed by atoms with E-state index in [0.717, 1.165) is 38.3 Å². The van der Waals surface area contributed by atoms with Gasteiger partial charge in [-0.1, -0.05) is 12.1 Å². The molecule has 0 spiro atoms. The quantitative estimate of drug-likeness (QED) is 0.741. The lowest BCUT2D eigenvalue weighted by atomic mass is 10.1. The smallest absolute Gasteiger partial charge is 0.119 e. The monoisotopic (exact) mass is 266 g/mol. The molecular formula is C15H26N2O2. The third kappa shape index (κ3) is 5.59. The first-order chi connectivity index (χ1) is 9.21. The second-order valence-corrected chi connectivity index (χ2v) is 4.81. The molecule has 0 fully saturated rings. The fourth-order valence-electron chi connectivity index (χ4n) is 2.16. The number of rotatable bonds is 9. The van der Waals surface area contributed by atoms with Crippen molar-refractivity contribution in [2.45, 2.75) is 25.4 Å². The van der Waals surface area contributed by atoms with Gasteiger partial charge >= 0.3 is 0 Å². The summed E-state index contributed by atoms with van der Waals surface area (Å²) in [6, 6.07) is 8.58. The number of likely N-dealkylation sites (N-methyl/N-ethyl adjacent to an activating group) is 1. The first-order valence-corrected chi connectivity index (χ1v) is 6.73. The van der Waals surface area contributed by atoms with E-state index in [1.165, 1.54) is 5.56 Å². The van der Waals surface area contributed by atoms with E-state index in [0.29, 0.717) is 6.04 Å². The van der Waals surface area contributed by atoms with Crippen molar-refractivity contribution in [3.63, 3.8) is 0 Å². The van der Waals surface area contributed by atoms with Crippen LogP contribution in [-0.4, -0.2) is 45.4 Å². The van der Waals surface area contributed by atoms with Gasteiger partial charge in [0.1, 0.15) is 5.75 Å². The van der Waals surface area contributed by atoms with Crippen LogP contribution in [0.2, 0.25) is 0 Å². The fourth-order valence-corrected chi connectivity index (χ4v) is 2.16. The van der Waals surface area contributed by atoms with Gasteiger partial charge in [0.05, 0.1) is 13.7 Å². The van der Waals surface area contributed by atoms with Crippen molar-refractivity contribution in [2.75, 3.05) is 34.4 Å². The molecule has 0 aromatic heterocycles. The number of methoxy groups -OCH3 is 2. The van der Waals surface area contributed by atoms with E-state index in [9.17, 15) is 0 Å². The minimum atomic E-state index is 0.403. The Kier molecular flexibility index (Phi) is 7.48. The summed E-state index contributed by atoms with van der Waals surface area (Å²) >= 11 is 0. The third-order valence-electron chi connectivity index (χ3n) is 3.29. The minimum absolute atomic E-state index is 0.403. The Bertz CT molecular complexity index is 358. The van der Waals surface area contributed by atoms with Crippen LogP contribution in [0.25, 0.3) is 0 Å². The highest BCUT2D eigenvalue weighted by atomic mass is 16.5. The van der Waals surface area contributed by atoms with Gasteiger partial charge in [-0.05, 0) is 44.1 Å². The topological polar surface area (TPSA) is 47.7 Å². The van der Waals surface area contributed by atoms with Crippen LogP contribution in [-0.2, 0) is 11.3 Å². The molecule has 1 aromatic rings. The molecule has 0 saturated carbocycles. The Morgan fingerprint density at radius 3 is 2.74 bits per heavy atom. The zero-order valence-electron chi connectivity index (χ0n) is 12.3. The van der Waals surface area contributed by atoms with Crippen molar-refractivity contribution in [3.8, 4) is 5.75 Å². The summed E-state index contributed by atoms with van der Waals surface area (Å²) in [5, 5.41) is 0. The van der Waals surface area contributed by atoms with Crippen molar-refractivity contribution in [2.24, 2.45) is 5.73 Å². The van der Waals surface area contributed by atoms with Crippen molar-refractivity contribution in [1.29, 1.82) is 0 Å². The Labute approximate surface area is 116 Å². The number of hydrogen-bond acceptors (Lipinski definition) is 4. The van der Waals surface area contributed by atoms with Gasteiger partial charge in [-0.3, -0.25) is 4.90 Å². The molecule has 108 valence electrons. The number of nitrogens with two attached hydrogens (primary N) is 1. The van der Waals surface area contributed by atoms with E-state index < -0.39 is 0 Å². The lowest BCUT2D eigenvalue weighted by molar-refractivity contribution is 0.0962. The van der Waals surface area contributed by atoms with Gasteiger partial charge < -0.3 is 15.2 Å². The predicted molar refractivity (Wildman–Crippen MR) is 78.4 cm³/mol. The Morgan fingerprint density at radius 2 is 2.11 bits per heavy atom. The molecular weight excluding hydrogens is 240 g/mol. The first-order valence-electron chi connectivity index (χ1n) is 6.73. The average Bonchev–Trinajstić information content (AvgIpc) is 2.43. The van der Waals surface area contributed by atoms with Crippen LogP contribution in [0, 0.1) is 0 Å². The maximum Gasteiger partial charge on any atom is 0.119 e. The van der Waals surface area contributed by atoms with E-state index in [4.69, 9.17) is 15.2 Å². The van der Waals surface area contributed by atoms with Crippen LogP contribution in [0.15, 0.2) is 24.3 Å². The van der Waals surface area contributed by atoms with E-state index in [2.05, 4.69) is 24.1 Å². The standard InChI is InChI=1S/C15H26N2O2/c1-17(14(12-18-2)7-5-9-16)11-13-6-4-8-15(10-13)19-3/h4,6,8,10,14H,5,7,9,11-12,16H2,1-3H3. The minimum Gasteiger partial charge on any atom is -0.497 e. The molecule has 4 nitrogen and oxygen atoms in total. The van der Waals surface area contributed by atoms with Crippen molar-refractivity contribution >= 4 is 0 Å². The molecule has 1 rings (SSSR count). The molecule has 0 saturated heterocycles. The Morgan fingerprint density at radius 1 is 1.32 bits per heavy atom. The maximum atomic E-state index is 5.59. The van der Waals surface area contributed by atoms with Crippen LogP contribution in [0.4, 0.5) is 0 Å². The highest BCUT2D eigenvalue weighted by Crippen LogP contribution is 2.16. The van der Waals surface area contributed by atoms with Gasteiger partial charge in [-0.2, -0.15) is 0 Å². The molecule has 0 amide bonds. The van der Waals surface area contributed by atoms with Crippen molar-refractivity contribution in [1.82, 2.24) is 4.90 Å². The molecule has 0 heterocycles. The van der Waals surface area contributed by atoms with Crippen LogP contribution >= 0.6 is 0 Å². The van der Waals surface area contributed by atoms with Gasteiger partial charge in [-0.25, -0.2) is 0 Å². The summed E-state index contributed by atoms with van der Waals surface area (Å²) in [4.78, 5) is 2.31. The molecule has 1 unspecified atom stereocenters. The van der Waals surface area contributed by atoms with Crippen molar-refractivity contribution in [3.05, 3.63) is 29.8 Å². The van der Waals surface area contributed by atoms with Gasteiger partial charge in [-0.15, -0.1) is 0 Å². The van der Waals surface area contributed by atoms with E-state index in [-0.39, 0.29) is 0 Å². The third-order valence-corrected chi connectivity index (χ3v) is 3.29. The summed E-state index contributed by atoms with van der Waals surface area (Å²) in [6.45, 7) is 2.35. The Balaban J connectivity index is 2.60. The first kappa shape index (κ1) is 16.0. The van der Waals surface area contributed by atoms with E-state index >= 15 is 0 Å². The molecule has 4 heteroatoms. The van der Waals surface area contributed by atoms with Crippen LogP contribution < -0.4 is 10.5 Å². The zero-order valence-corrected chi connectivity index (χ0v) is 12.3. The lowest BCUT2D eigenvalue weighted by Crippen LogP contribution is -2.35. The van der Waals surface area contributed by atoms with Crippen LogP contribution in [0.1, 0.15) is 18.4 Å². The van der Waals surface area contributed by atoms with Crippen molar-refractivity contribution < 1.29 is 9.47 Å². The predicted octanol–water partition coefficient (Wildman–Crippen LogP) is 1.88.